The van der Waals surface area contributed by atoms with Gasteiger partial charge in [-0.05, 0) is 0 Å². The van der Waals surface area contributed by atoms with Crippen LogP contribution in [-0.4, -0.2) is 6.88 Å². The molecule has 2 aliphatic carbocycles. The summed E-state index contributed by atoms with van der Waals surface area (Å²) in [6, 6.07) is 36.4. The summed E-state index contributed by atoms with van der Waals surface area (Å²) in [5.41, 5.74) is 11.4. The van der Waals surface area contributed by atoms with Crippen molar-refractivity contribution in [1.82, 2.24) is 0 Å². The Kier molecular flexibility index (Phi) is 11.3. The van der Waals surface area contributed by atoms with Gasteiger partial charge in [-0.25, -0.2) is 0 Å². The van der Waals surface area contributed by atoms with Crippen molar-refractivity contribution in [1.29, 1.82) is 0 Å². The van der Waals surface area contributed by atoms with Crippen LogP contribution in [0.4, 0.5) is 0 Å². The Morgan fingerprint density at radius 3 is 1.30 bits per heavy atom. The molecule has 0 bridgehead atoms. The molecular weight excluding hydrogens is 671 g/mol. The van der Waals surface area contributed by atoms with Gasteiger partial charge < -0.3 is 0 Å². The number of rotatable bonds is 10. The summed E-state index contributed by atoms with van der Waals surface area (Å²) in [6.07, 6.45) is 12.9. The molecule has 2 atom stereocenters. The first-order valence-corrected chi connectivity index (χ1v) is 29.5. The van der Waals surface area contributed by atoms with E-state index in [4.69, 9.17) is 0 Å². The molecule has 44 heavy (non-hydrogen) atoms. The average Bonchev–Trinajstić information content (AvgIpc) is 3.59. The first-order chi connectivity index (χ1) is 20.3. The van der Waals surface area contributed by atoms with E-state index in [1.807, 2.05) is 6.56 Å². The van der Waals surface area contributed by atoms with Crippen LogP contribution in [0.25, 0.3) is 34.4 Å². The second-order valence-corrected chi connectivity index (χ2v) is 42.3. The molecule has 0 aliphatic heterocycles. The van der Waals surface area contributed by atoms with E-state index >= 15 is 0 Å². The van der Waals surface area contributed by atoms with Crippen LogP contribution in [0.1, 0.15) is 86.5 Å². The normalized spacial score (nSPS) is 17.1. The third-order valence-corrected chi connectivity index (χ3v) is 26.4. The van der Waals surface area contributed by atoms with Gasteiger partial charge in [0.2, 0.25) is 0 Å². The van der Waals surface area contributed by atoms with Crippen LogP contribution >= 0.6 is 24.8 Å². The van der Waals surface area contributed by atoms with Crippen molar-refractivity contribution in [2.45, 2.75) is 73.5 Å². The van der Waals surface area contributed by atoms with E-state index < -0.39 is 17.4 Å². The smallest absolute Gasteiger partial charge is 0.147 e. The van der Waals surface area contributed by atoms with Crippen LogP contribution in [0.3, 0.4) is 0 Å². The molecule has 0 fully saturated rings. The molecule has 0 saturated carbocycles. The number of unbranched alkanes of at least 4 members (excludes halogenated alkanes) is 2. The molecule has 0 nitrogen and oxygen atoms in total. The van der Waals surface area contributed by atoms with Crippen LogP contribution in [-0.2, 0) is 17.4 Å². The largest absolute Gasteiger partial charge is 0.147 e. The van der Waals surface area contributed by atoms with Crippen molar-refractivity contribution in [2.75, 3.05) is 0 Å². The number of halogens is 2. The summed E-state index contributed by atoms with van der Waals surface area (Å²) in [7, 11) is 0. The molecular formula is C40H48Cl2SiZr. The quantitative estimate of drug-likeness (QED) is 0.143. The van der Waals surface area contributed by atoms with Crippen molar-refractivity contribution in [3.63, 3.8) is 0 Å². The second-order valence-electron chi connectivity index (χ2n) is 13.7. The summed E-state index contributed by atoms with van der Waals surface area (Å²) in [6.45, 7) is 7.14. The molecule has 0 spiro atoms. The van der Waals surface area contributed by atoms with Gasteiger partial charge in [-0.1, -0.05) is 0 Å². The number of hydrogen-bond acceptors (Lipinski definition) is 0. The maximum atomic E-state index is 2.75. The van der Waals surface area contributed by atoms with Gasteiger partial charge in [0, 0.05) is 0 Å². The first kappa shape index (κ1) is 34.9. The zero-order valence-corrected chi connectivity index (χ0v) is 32.3. The summed E-state index contributed by atoms with van der Waals surface area (Å²) in [5, 5.41) is 0. The standard InChI is InChI=1S/2C19H19.2CH3.2ClH.H2Si.Zr/c2*1-2-3-7-16-10-11-17-12-13-18(14-19(16)17)15-8-5-4-6-9-15;;;;;;/h2*4-6,8-9,11-14,16H,2-3,7H2,1H3;2*1H3;2*1H;1H2;. The number of fused-ring (bicyclic) bond motifs is 2. The van der Waals surface area contributed by atoms with Gasteiger partial charge in [-0.2, -0.15) is 0 Å². The van der Waals surface area contributed by atoms with E-state index in [-0.39, 0.29) is 24.8 Å². The fourth-order valence-corrected chi connectivity index (χ4v) is 22.6. The van der Waals surface area contributed by atoms with Crippen LogP contribution in [0.2, 0.25) is 9.26 Å². The molecule has 0 radical (unpaired) electrons. The Bertz CT molecular complexity index is 1610. The zero-order chi connectivity index (χ0) is 29.3. The number of benzene rings is 4. The first-order valence-electron chi connectivity index (χ1n) is 16.2. The third kappa shape index (κ3) is 6.62. The van der Waals surface area contributed by atoms with E-state index in [2.05, 4.69) is 139 Å². The van der Waals surface area contributed by atoms with Crippen LogP contribution in [0, 0.1) is 0 Å². The molecule has 0 heterocycles. The average molecular weight is 719 g/mol. The molecule has 2 aliphatic rings. The van der Waals surface area contributed by atoms with E-state index in [1.165, 1.54) is 71.9 Å². The van der Waals surface area contributed by atoms with Gasteiger partial charge in [0.25, 0.3) is 0 Å². The molecule has 0 amide bonds. The molecule has 4 heteroatoms. The second kappa shape index (κ2) is 14.2. The molecule has 6 rings (SSSR count). The SMILES string of the molecule is CCCCC1[C]([Zr]([CH3])([CH3])(=[SiH2])[C]2=Cc3ccc(-c4ccccc4)cc3C2CCCC)=Cc2ccc(-c3ccccc3)cc21.Cl.Cl. The van der Waals surface area contributed by atoms with Gasteiger partial charge in [-0.15, -0.1) is 24.8 Å². The minimum absolute atomic E-state index is 0. The number of allylic oxidation sites excluding steroid dienone is 2. The number of hydrogen-bond donors (Lipinski definition) is 0. The molecule has 0 aromatic heterocycles. The maximum absolute atomic E-state index is 3.58. The van der Waals surface area contributed by atoms with Crippen molar-refractivity contribution in [3.05, 3.63) is 126 Å². The summed E-state index contributed by atoms with van der Waals surface area (Å²) in [5.74, 6) is 1.08. The van der Waals surface area contributed by atoms with Crippen LogP contribution in [0.15, 0.2) is 104 Å². The summed E-state index contributed by atoms with van der Waals surface area (Å²) in [4.78, 5) is 0. The van der Waals surface area contributed by atoms with Crippen molar-refractivity contribution in [2.24, 2.45) is 0 Å². The molecule has 2 unspecified atom stereocenters. The van der Waals surface area contributed by atoms with E-state index in [1.54, 1.807) is 11.1 Å². The molecule has 0 saturated heterocycles. The van der Waals surface area contributed by atoms with Crippen LogP contribution < -0.4 is 0 Å². The maximum Gasteiger partial charge on any atom is -0.147 e. The molecule has 4 aromatic rings. The van der Waals surface area contributed by atoms with Crippen molar-refractivity contribution >= 4 is 43.8 Å². The zero-order valence-electron chi connectivity index (χ0n) is 26.8. The Labute approximate surface area is 280 Å². The monoisotopic (exact) mass is 716 g/mol. The Balaban J connectivity index is 0.00000221. The van der Waals surface area contributed by atoms with Crippen molar-refractivity contribution < 1.29 is 17.4 Å². The minimum atomic E-state index is -3.58. The van der Waals surface area contributed by atoms with Gasteiger partial charge >= 0.3 is 258 Å². The van der Waals surface area contributed by atoms with Gasteiger partial charge in [-0.3, -0.25) is 0 Å². The Morgan fingerprint density at radius 2 is 0.932 bits per heavy atom. The third-order valence-electron chi connectivity index (χ3n) is 10.1. The predicted molar refractivity (Wildman–Crippen MR) is 199 cm³/mol. The molecule has 4 aromatic carbocycles. The van der Waals surface area contributed by atoms with Gasteiger partial charge in [0.1, 0.15) is 0 Å². The van der Waals surface area contributed by atoms with Gasteiger partial charge in [0.15, 0.2) is 0 Å². The minimum Gasteiger partial charge on any atom is -0.147 e. The van der Waals surface area contributed by atoms with E-state index in [9.17, 15) is 0 Å². The predicted octanol–water partition coefficient (Wildman–Crippen LogP) is 12.2. The van der Waals surface area contributed by atoms with Crippen molar-refractivity contribution in [3.8, 4) is 22.3 Å². The summed E-state index contributed by atoms with van der Waals surface area (Å²) < 4.78 is 9.13. The fraction of sp³-hybridized carbons (Fsp3) is 0.300. The van der Waals surface area contributed by atoms with E-state index in [0.717, 1.165) is 0 Å². The Hall–Kier alpha value is -1.96. The fourth-order valence-electron chi connectivity index (χ4n) is 7.69. The topological polar surface area (TPSA) is 0 Å². The van der Waals surface area contributed by atoms with Crippen LogP contribution in [0.5, 0.6) is 0 Å². The summed E-state index contributed by atoms with van der Waals surface area (Å²) >= 11 is -3.58. The molecule has 0 N–H and O–H groups in total. The van der Waals surface area contributed by atoms with Gasteiger partial charge in [0.05, 0.1) is 0 Å². The molecule has 230 valence electrons. The van der Waals surface area contributed by atoms with E-state index in [0.29, 0.717) is 11.8 Å². The Morgan fingerprint density at radius 1 is 0.545 bits per heavy atom.